The number of H-pyrrole nitrogens is 1. The first-order valence-electron chi connectivity index (χ1n) is 6.25. The second-order valence-electron chi connectivity index (χ2n) is 4.11. The van der Waals surface area contributed by atoms with Crippen molar-refractivity contribution < 1.29 is 9.47 Å². The smallest absolute Gasteiger partial charge is 0.161 e. The van der Waals surface area contributed by atoms with Gasteiger partial charge in [-0.05, 0) is 24.7 Å². The van der Waals surface area contributed by atoms with E-state index < -0.39 is 0 Å². The topological polar surface area (TPSA) is 59.2 Å². The Morgan fingerprint density at radius 3 is 2.68 bits per heavy atom. The first-order chi connectivity index (χ1) is 9.28. The van der Waals surface area contributed by atoms with Gasteiger partial charge in [0.05, 0.1) is 14.2 Å². The number of nitrogens with zero attached hydrogens (tertiary/aromatic N) is 1. The molecule has 0 aliphatic carbocycles. The van der Waals surface area contributed by atoms with E-state index in [2.05, 4.69) is 22.2 Å². The van der Waals surface area contributed by atoms with Crippen molar-refractivity contribution in [3.8, 4) is 22.9 Å². The second kappa shape index (κ2) is 6.24. The van der Waals surface area contributed by atoms with Gasteiger partial charge in [-0.3, -0.25) is 0 Å². The Bertz CT molecular complexity index is 537. The van der Waals surface area contributed by atoms with Crippen LogP contribution >= 0.6 is 0 Å². The molecule has 2 rings (SSSR count). The van der Waals surface area contributed by atoms with Crippen LogP contribution in [-0.2, 0) is 6.54 Å². The predicted molar refractivity (Wildman–Crippen MR) is 74.5 cm³/mol. The van der Waals surface area contributed by atoms with Crippen molar-refractivity contribution in [2.75, 3.05) is 20.8 Å². The van der Waals surface area contributed by atoms with E-state index in [1.165, 1.54) is 0 Å². The molecule has 1 aromatic heterocycles. The van der Waals surface area contributed by atoms with E-state index in [0.29, 0.717) is 11.5 Å². The second-order valence-corrected chi connectivity index (χ2v) is 4.11. The van der Waals surface area contributed by atoms with E-state index in [1.807, 2.05) is 24.4 Å². The van der Waals surface area contributed by atoms with E-state index >= 15 is 0 Å². The summed E-state index contributed by atoms with van der Waals surface area (Å²) >= 11 is 0. The predicted octanol–water partition coefficient (Wildman–Crippen LogP) is 2.20. The molecule has 0 saturated heterocycles. The van der Waals surface area contributed by atoms with Crippen LogP contribution in [0.2, 0.25) is 0 Å². The number of ether oxygens (including phenoxy) is 2. The number of nitrogens with one attached hydrogen (secondary N) is 2. The van der Waals surface area contributed by atoms with Crippen LogP contribution in [0.3, 0.4) is 0 Å². The maximum absolute atomic E-state index is 5.29. The summed E-state index contributed by atoms with van der Waals surface area (Å²) in [7, 11) is 3.25. The van der Waals surface area contributed by atoms with Crippen molar-refractivity contribution in [1.29, 1.82) is 0 Å². The summed E-state index contributed by atoms with van der Waals surface area (Å²) in [4.78, 5) is 7.66. The summed E-state index contributed by atoms with van der Waals surface area (Å²) < 4.78 is 10.5. The molecule has 1 heterocycles. The van der Waals surface area contributed by atoms with Gasteiger partial charge < -0.3 is 19.8 Å². The molecule has 0 bridgehead atoms. The Morgan fingerprint density at radius 1 is 1.21 bits per heavy atom. The van der Waals surface area contributed by atoms with Crippen molar-refractivity contribution in [3.63, 3.8) is 0 Å². The lowest BCUT2D eigenvalue weighted by molar-refractivity contribution is 0.355. The molecule has 2 N–H and O–H groups in total. The van der Waals surface area contributed by atoms with Crippen LogP contribution in [0.4, 0.5) is 0 Å². The third kappa shape index (κ3) is 3.06. The first-order valence-corrected chi connectivity index (χ1v) is 6.25. The van der Waals surface area contributed by atoms with Crippen LogP contribution in [0, 0.1) is 0 Å². The molecule has 0 radical (unpaired) electrons. The minimum absolute atomic E-state index is 0.699. The molecule has 0 aliphatic rings. The van der Waals surface area contributed by atoms with E-state index in [9.17, 15) is 0 Å². The van der Waals surface area contributed by atoms with Crippen molar-refractivity contribution in [3.05, 3.63) is 30.1 Å². The molecule has 1 aromatic carbocycles. The summed E-state index contributed by atoms with van der Waals surface area (Å²) in [6.45, 7) is 3.80. The van der Waals surface area contributed by atoms with E-state index in [1.54, 1.807) is 14.2 Å². The maximum Gasteiger partial charge on any atom is 0.161 e. The Morgan fingerprint density at radius 2 is 2.00 bits per heavy atom. The van der Waals surface area contributed by atoms with Gasteiger partial charge in [-0.25, -0.2) is 4.98 Å². The fourth-order valence-corrected chi connectivity index (χ4v) is 1.84. The minimum Gasteiger partial charge on any atom is -0.493 e. The fraction of sp³-hybridized carbons (Fsp3) is 0.357. The third-order valence-electron chi connectivity index (χ3n) is 2.85. The number of hydrogen-bond donors (Lipinski definition) is 2. The van der Waals surface area contributed by atoms with Gasteiger partial charge in [-0.1, -0.05) is 6.92 Å². The number of hydrogen-bond acceptors (Lipinski definition) is 4. The van der Waals surface area contributed by atoms with Crippen LogP contribution < -0.4 is 14.8 Å². The first kappa shape index (κ1) is 13.4. The van der Waals surface area contributed by atoms with Crippen LogP contribution in [0.25, 0.3) is 11.4 Å². The molecule has 0 fully saturated rings. The van der Waals surface area contributed by atoms with Gasteiger partial charge in [0.15, 0.2) is 11.5 Å². The summed E-state index contributed by atoms with van der Waals surface area (Å²) in [6.07, 6.45) is 1.84. The Balaban J connectivity index is 2.23. The molecule has 0 atom stereocenters. The van der Waals surface area contributed by atoms with Gasteiger partial charge in [0.1, 0.15) is 5.82 Å². The lowest BCUT2D eigenvalue weighted by atomic mass is 10.2. The zero-order valence-electron chi connectivity index (χ0n) is 11.5. The molecule has 102 valence electrons. The maximum atomic E-state index is 5.29. The molecule has 0 amide bonds. The van der Waals surface area contributed by atoms with Crippen molar-refractivity contribution in [2.24, 2.45) is 0 Å². The molecule has 2 aromatic rings. The standard InChI is InChI=1S/C14H19N3O2/c1-4-15-8-11-9-16-14(17-11)10-5-6-12(18-2)13(7-10)19-3/h5-7,9,15H,4,8H2,1-3H3,(H,16,17). The Hall–Kier alpha value is -2.01. The van der Waals surface area contributed by atoms with Crippen LogP contribution in [0.5, 0.6) is 11.5 Å². The summed E-state index contributed by atoms with van der Waals surface area (Å²) in [5.74, 6) is 2.24. The lowest BCUT2D eigenvalue weighted by Gasteiger charge is -2.08. The Labute approximate surface area is 113 Å². The molecule has 19 heavy (non-hydrogen) atoms. The molecule has 5 heteroatoms. The van der Waals surface area contributed by atoms with Gasteiger partial charge in [-0.2, -0.15) is 0 Å². The quantitative estimate of drug-likeness (QED) is 0.837. The number of benzene rings is 1. The van der Waals surface area contributed by atoms with Crippen molar-refractivity contribution >= 4 is 0 Å². The normalized spacial score (nSPS) is 10.5. The highest BCUT2D eigenvalue weighted by Gasteiger charge is 2.08. The Kier molecular flexibility index (Phi) is 4.41. The number of aromatic nitrogens is 2. The molecular formula is C14H19N3O2. The highest BCUT2D eigenvalue weighted by molar-refractivity contribution is 5.61. The number of imidazole rings is 1. The molecule has 0 unspecified atom stereocenters. The zero-order valence-corrected chi connectivity index (χ0v) is 11.5. The number of rotatable bonds is 6. The SMILES string of the molecule is CCNCc1cnc(-c2ccc(OC)c(OC)c2)[nH]1. The monoisotopic (exact) mass is 261 g/mol. The van der Waals surface area contributed by atoms with Crippen LogP contribution in [0.15, 0.2) is 24.4 Å². The fourth-order valence-electron chi connectivity index (χ4n) is 1.84. The number of methoxy groups -OCH3 is 2. The minimum atomic E-state index is 0.699. The largest absolute Gasteiger partial charge is 0.493 e. The molecule has 0 saturated carbocycles. The lowest BCUT2D eigenvalue weighted by Crippen LogP contribution is -2.11. The summed E-state index contributed by atoms with van der Waals surface area (Å²) in [5.41, 5.74) is 2.03. The van der Waals surface area contributed by atoms with Crippen molar-refractivity contribution in [2.45, 2.75) is 13.5 Å². The van der Waals surface area contributed by atoms with Gasteiger partial charge in [0.2, 0.25) is 0 Å². The highest BCUT2D eigenvalue weighted by Crippen LogP contribution is 2.31. The molecule has 0 aliphatic heterocycles. The third-order valence-corrected chi connectivity index (χ3v) is 2.85. The average Bonchev–Trinajstić information content (AvgIpc) is 2.93. The van der Waals surface area contributed by atoms with Crippen LogP contribution in [-0.4, -0.2) is 30.7 Å². The van der Waals surface area contributed by atoms with E-state index in [-0.39, 0.29) is 0 Å². The summed E-state index contributed by atoms with van der Waals surface area (Å²) in [6, 6.07) is 5.74. The van der Waals surface area contributed by atoms with Gasteiger partial charge in [0.25, 0.3) is 0 Å². The summed E-state index contributed by atoms with van der Waals surface area (Å²) in [5, 5.41) is 3.25. The van der Waals surface area contributed by atoms with Gasteiger partial charge in [-0.15, -0.1) is 0 Å². The average molecular weight is 261 g/mol. The zero-order chi connectivity index (χ0) is 13.7. The molecule has 5 nitrogen and oxygen atoms in total. The van der Waals surface area contributed by atoms with Crippen LogP contribution in [0.1, 0.15) is 12.6 Å². The molecular weight excluding hydrogens is 242 g/mol. The van der Waals surface area contributed by atoms with E-state index in [0.717, 1.165) is 30.2 Å². The van der Waals surface area contributed by atoms with Gasteiger partial charge in [0, 0.05) is 24.0 Å². The molecule has 0 spiro atoms. The van der Waals surface area contributed by atoms with Crippen molar-refractivity contribution in [1.82, 2.24) is 15.3 Å². The van der Waals surface area contributed by atoms with E-state index in [4.69, 9.17) is 9.47 Å². The van der Waals surface area contributed by atoms with Gasteiger partial charge >= 0.3 is 0 Å². The highest BCUT2D eigenvalue weighted by atomic mass is 16.5. The number of aromatic amines is 1.